The Kier molecular flexibility index (Phi) is 3.88. The summed E-state index contributed by atoms with van der Waals surface area (Å²) < 4.78 is 6.75. The summed E-state index contributed by atoms with van der Waals surface area (Å²) in [5, 5.41) is 2.88. The van der Waals surface area contributed by atoms with Crippen LogP contribution in [0, 0.1) is 13.8 Å². The van der Waals surface area contributed by atoms with E-state index in [0.717, 1.165) is 12.1 Å². The number of fused-ring (bicyclic) bond motifs is 1. The molecule has 0 aliphatic carbocycles. The smallest absolute Gasteiger partial charge is 0.265 e. The molecule has 1 amide bonds. The molecular weight excluding hydrogens is 310 g/mol. The molecule has 3 aromatic rings. The molecule has 0 saturated heterocycles. The van der Waals surface area contributed by atoms with Crippen LogP contribution in [-0.4, -0.2) is 25.4 Å². The van der Waals surface area contributed by atoms with Gasteiger partial charge in [-0.25, -0.2) is 15.0 Å². The van der Waals surface area contributed by atoms with Gasteiger partial charge in [0, 0.05) is 18.8 Å². The van der Waals surface area contributed by atoms with Gasteiger partial charge in [0.2, 0.25) is 5.71 Å². The highest BCUT2D eigenvalue weighted by Crippen LogP contribution is 2.22. The number of hydrogen-bond donors (Lipinski definition) is 1. The van der Waals surface area contributed by atoms with Gasteiger partial charge in [-0.05, 0) is 20.3 Å². The second-order valence-electron chi connectivity index (χ2n) is 5.47. The molecule has 0 aliphatic rings. The van der Waals surface area contributed by atoms with Crippen LogP contribution in [0.25, 0.3) is 11.1 Å². The lowest BCUT2D eigenvalue weighted by atomic mass is 10.1. The Morgan fingerprint density at radius 3 is 2.79 bits per heavy atom. The maximum absolute atomic E-state index is 12.7. The molecule has 8 heteroatoms. The molecule has 0 aromatic carbocycles. The molecule has 3 aromatic heterocycles. The Morgan fingerprint density at radius 2 is 2.08 bits per heavy atom. The second kappa shape index (κ2) is 5.88. The monoisotopic (exact) mass is 327 g/mol. The normalized spacial score (nSPS) is 11.0. The zero-order valence-corrected chi connectivity index (χ0v) is 13.9. The Balaban J connectivity index is 2.07. The van der Waals surface area contributed by atoms with Crippen LogP contribution >= 0.6 is 0 Å². The number of carbonyl (C=O) groups excluding carboxylic acids is 1. The molecule has 0 spiro atoms. The van der Waals surface area contributed by atoms with Crippen LogP contribution in [0.3, 0.4) is 0 Å². The first-order valence-electron chi connectivity index (χ1n) is 7.51. The van der Waals surface area contributed by atoms with Gasteiger partial charge in [-0.2, -0.15) is 0 Å². The van der Waals surface area contributed by atoms with E-state index in [2.05, 4.69) is 20.3 Å². The van der Waals surface area contributed by atoms with Gasteiger partial charge in [0.25, 0.3) is 11.5 Å². The van der Waals surface area contributed by atoms with Gasteiger partial charge in [0.15, 0.2) is 0 Å². The lowest BCUT2D eigenvalue weighted by Crippen LogP contribution is -2.21. The summed E-state index contributed by atoms with van der Waals surface area (Å²) in [6, 6.07) is 1.71. The summed E-state index contributed by atoms with van der Waals surface area (Å²) in [5.41, 5.74) is 0.807. The number of nitrogens with zero attached hydrogens (tertiary/aromatic N) is 4. The Morgan fingerprint density at radius 1 is 1.33 bits per heavy atom. The number of amides is 1. The molecule has 0 saturated carbocycles. The van der Waals surface area contributed by atoms with Crippen LogP contribution in [0.2, 0.25) is 0 Å². The molecule has 124 valence electrons. The molecule has 3 rings (SSSR count). The standard InChI is InChI=1S/C16H17N5O3/c1-5-10-6-11(19-9(3)18-10)20-14(22)12-8(2)24-15-13(12)16(23)21(4)7-17-15/h6-7H,5H2,1-4H3,(H,18,19,20,22). The Labute approximate surface area is 137 Å². The van der Waals surface area contributed by atoms with Crippen molar-refractivity contribution in [2.24, 2.45) is 7.05 Å². The Bertz CT molecular complexity index is 1000. The molecule has 0 bridgehead atoms. The van der Waals surface area contributed by atoms with Crippen molar-refractivity contribution in [3.05, 3.63) is 45.6 Å². The van der Waals surface area contributed by atoms with Gasteiger partial charge in [-0.1, -0.05) is 6.92 Å². The van der Waals surface area contributed by atoms with Crippen LogP contribution in [0.1, 0.15) is 34.6 Å². The van der Waals surface area contributed by atoms with E-state index < -0.39 is 5.91 Å². The molecule has 0 aliphatic heterocycles. The molecule has 0 fully saturated rings. The van der Waals surface area contributed by atoms with Crippen molar-refractivity contribution in [2.45, 2.75) is 27.2 Å². The topological polar surface area (TPSA) is 103 Å². The van der Waals surface area contributed by atoms with E-state index in [1.54, 1.807) is 27.0 Å². The molecule has 3 heterocycles. The quantitative estimate of drug-likeness (QED) is 0.786. The van der Waals surface area contributed by atoms with E-state index in [0.29, 0.717) is 17.4 Å². The van der Waals surface area contributed by atoms with E-state index in [4.69, 9.17) is 4.42 Å². The lowest BCUT2D eigenvalue weighted by molar-refractivity contribution is 0.102. The van der Waals surface area contributed by atoms with Gasteiger partial charge in [-0.15, -0.1) is 0 Å². The van der Waals surface area contributed by atoms with Crippen molar-refractivity contribution in [1.29, 1.82) is 0 Å². The van der Waals surface area contributed by atoms with Gasteiger partial charge >= 0.3 is 0 Å². The first-order chi connectivity index (χ1) is 11.4. The van der Waals surface area contributed by atoms with Crippen molar-refractivity contribution in [2.75, 3.05) is 5.32 Å². The maximum Gasteiger partial charge on any atom is 0.265 e. The zero-order chi connectivity index (χ0) is 17.4. The first-order valence-corrected chi connectivity index (χ1v) is 7.51. The second-order valence-corrected chi connectivity index (χ2v) is 5.47. The van der Waals surface area contributed by atoms with Crippen molar-refractivity contribution < 1.29 is 9.21 Å². The predicted molar refractivity (Wildman–Crippen MR) is 88.1 cm³/mol. The number of hydrogen-bond acceptors (Lipinski definition) is 6. The third-order valence-electron chi connectivity index (χ3n) is 3.67. The third kappa shape index (κ3) is 2.66. The number of aryl methyl sites for hydroxylation is 4. The number of carbonyl (C=O) groups is 1. The average molecular weight is 327 g/mol. The fourth-order valence-electron chi connectivity index (χ4n) is 2.51. The molecule has 0 atom stereocenters. The zero-order valence-electron chi connectivity index (χ0n) is 13.9. The average Bonchev–Trinajstić information content (AvgIpc) is 2.87. The van der Waals surface area contributed by atoms with Crippen LogP contribution in [0.5, 0.6) is 0 Å². The molecule has 0 radical (unpaired) electrons. The van der Waals surface area contributed by atoms with Gasteiger partial charge < -0.3 is 14.3 Å². The van der Waals surface area contributed by atoms with Gasteiger partial charge in [0.05, 0.1) is 5.56 Å². The van der Waals surface area contributed by atoms with Gasteiger partial charge in [0.1, 0.15) is 29.1 Å². The number of nitrogens with one attached hydrogen (secondary N) is 1. The molecular formula is C16H17N5O3. The number of aromatic nitrogens is 4. The first kappa shape index (κ1) is 15.9. The fraction of sp³-hybridized carbons (Fsp3) is 0.312. The SMILES string of the molecule is CCc1cc(NC(=O)c2c(C)oc3ncn(C)c(=O)c23)nc(C)n1. The number of anilines is 1. The summed E-state index contributed by atoms with van der Waals surface area (Å²) in [4.78, 5) is 37.5. The largest absolute Gasteiger partial charge is 0.442 e. The highest BCUT2D eigenvalue weighted by Gasteiger charge is 2.23. The van der Waals surface area contributed by atoms with Crippen molar-refractivity contribution >= 4 is 22.8 Å². The van der Waals surface area contributed by atoms with Crippen molar-refractivity contribution in [1.82, 2.24) is 19.5 Å². The maximum atomic E-state index is 12.7. The number of furan rings is 1. The molecule has 1 N–H and O–H groups in total. The molecule has 24 heavy (non-hydrogen) atoms. The van der Waals surface area contributed by atoms with E-state index in [-0.39, 0.29) is 22.2 Å². The molecule has 8 nitrogen and oxygen atoms in total. The minimum absolute atomic E-state index is 0.147. The van der Waals surface area contributed by atoms with Crippen LogP contribution in [-0.2, 0) is 13.5 Å². The van der Waals surface area contributed by atoms with Crippen molar-refractivity contribution in [3.8, 4) is 0 Å². The van der Waals surface area contributed by atoms with Gasteiger partial charge in [-0.3, -0.25) is 9.59 Å². The Hall–Kier alpha value is -3.03. The van der Waals surface area contributed by atoms with Crippen LogP contribution in [0.4, 0.5) is 5.82 Å². The van der Waals surface area contributed by atoms with E-state index in [9.17, 15) is 9.59 Å². The number of rotatable bonds is 3. The summed E-state index contributed by atoms with van der Waals surface area (Å²) >= 11 is 0. The third-order valence-corrected chi connectivity index (χ3v) is 3.67. The van der Waals surface area contributed by atoms with E-state index >= 15 is 0 Å². The predicted octanol–water partition coefficient (Wildman–Crippen LogP) is 1.75. The minimum atomic E-state index is -0.462. The highest BCUT2D eigenvalue weighted by molar-refractivity contribution is 6.12. The van der Waals surface area contributed by atoms with Crippen LogP contribution < -0.4 is 10.9 Å². The lowest BCUT2D eigenvalue weighted by Gasteiger charge is -2.06. The molecule has 0 unspecified atom stereocenters. The van der Waals surface area contributed by atoms with Crippen LogP contribution in [0.15, 0.2) is 21.6 Å². The summed E-state index contributed by atoms with van der Waals surface area (Å²) in [7, 11) is 1.57. The highest BCUT2D eigenvalue weighted by atomic mass is 16.3. The summed E-state index contributed by atoms with van der Waals surface area (Å²) in [5.74, 6) is 0.825. The van der Waals surface area contributed by atoms with Crippen molar-refractivity contribution in [3.63, 3.8) is 0 Å². The summed E-state index contributed by atoms with van der Waals surface area (Å²) in [6.45, 7) is 5.35. The van der Waals surface area contributed by atoms with E-state index in [1.165, 1.54) is 10.9 Å². The fourth-order valence-corrected chi connectivity index (χ4v) is 2.51. The van der Waals surface area contributed by atoms with E-state index in [1.807, 2.05) is 6.92 Å². The summed E-state index contributed by atoms with van der Waals surface area (Å²) in [6.07, 6.45) is 2.08. The minimum Gasteiger partial charge on any atom is -0.442 e.